The van der Waals surface area contributed by atoms with Gasteiger partial charge in [0.25, 0.3) is 0 Å². The molecule has 92 valence electrons. The van der Waals surface area contributed by atoms with E-state index >= 15 is 0 Å². The van der Waals surface area contributed by atoms with E-state index in [1.54, 1.807) is 0 Å². The topological polar surface area (TPSA) is 9.23 Å². The number of hydrogen-bond acceptors (Lipinski definition) is 1. The first-order valence-corrected chi connectivity index (χ1v) is 9.58. The molecule has 0 aliphatic heterocycles. The molecule has 1 rings (SSSR count). The molecule has 0 atom stereocenters. The zero-order valence-corrected chi connectivity index (χ0v) is 12.7. The maximum absolute atomic E-state index is 5.66. The van der Waals surface area contributed by atoms with E-state index < -0.39 is 8.07 Å². The predicted octanol–water partition coefficient (Wildman–Crippen LogP) is 4.01. The molecule has 0 heterocycles. The van der Waals surface area contributed by atoms with Gasteiger partial charge >= 0.3 is 0 Å². The van der Waals surface area contributed by atoms with Gasteiger partial charge in [0.15, 0.2) is 0 Å². The fourth-order valence-corrected chi connectivity index (χ4v) is 1.89. The van der Waals surface area contributed by atoms with E-state index in [2.05, 4.69) is 50.2 Å². The summed E-state index contributed by atoms with van der Waals surface area (Å²) < 4.78 is 5.66. The standard InChI is InChI=1S/C15H22OSi/c1-12(2)16-15-8-7-14(13(3)11-15)9-10-17(4,5)6/h7-8,11-12H,1-6H3. The molecule has 0 saturated carbocycles. The van der Waals surface area contributed by atoms with Gasteiger partial charge in [-0.15, -0.1) is 5.54 Å². The van der Waals surface area contributed by atoms with E-state index in [0.29, 0.717) is 0 Å². The molecule has 0 saturated heterocycles. The summed E-state index contributed by atoms with van der Waals surface area (Å²) in [6.07, 6.45) is 0.216. The Hall–Kier alpha value is -1.20. The van der Waals surface area contributed by atoms with Crippen molar-refractivity contribution in [2.24, 2.45) is 0 Å². The Bertz CT molecular complexity index is 444. The highest BCUT2D eigenvalue weighted by Crippen LogP contribution is 2.18. The summed E-state index contributed by atoms with van der Waals surface area (Å²) in [6, 6.07) is 6.12. The highest BCUT2D eigenvalue weighted by molar-refractivity contribution is 6.83. The van der Waals surface area contributed by atoms with Crippen molar-refractivity contribution in [3.8, 4) is 17.2 Å². The first kappa shape index (κ1) is 13.9. The maximum Gasteiger partial charge on any atom is 0.129 e. The van der Waals surface area contributed by atoms with Crippen molar-refractivity contribution in [3.63, 3.8) is 0 Å². The molecule has 0 aliphatic carbocycles. The Kier molecular flexibility index (Phi) is 4.42. The molecule has 0 fully saturated rings. The lowest BCUT2D eigenvalue weighted by atomic mass is 10.1. The van der Waals surface area contributed by atoms with E-state index in [1.165, 1.54) is 5.56 Å². The van der Waals surface area contributed by atoms with E-state index in [-0.39, 0.29) is 6.10 Å². The maximum atomic E-state index is 5.66. The summed E-state index contributed by atoms with van der Waals surface area (Å²) in [5, 5.41) is 0. The number of benzene rings is 1. The summed E-state index contributed by atoms with van der Waals surface area (Å²) in [5.74, 6) is 4.22. The van der Waals surface area contributed by atoms with E-state index in [1.807, 2.05) is 19.9 Å². The van der Waals surface area contributed by atoms with Crippen LogP contribution in [0.4, 0.5) is 0 Å². The molecule has 17 heavy (non-hydrogen) atoms. The largest absolute Gasteiger partial charge is 0.491 e. The fraction of sp³-hybridized carbons (Fsp3) is 0.467. The average molecular weight is 246 g/mol. The van der Waals surface area contributed by atoms with Crippen molar-refractivity contribution >= 4 is 8.07 Å². The molecule has 0 spiro atoms. The Morgan fingerprint density at radius 2 is 1.82 bits per heavy atom. The van der Waals surface area contributed by atoms with Crippen LogP contribution in [0.3, 0.4) is 0 Å². The van der Waals surface area contributed by atoms with Crippen molar-refractivity contribution in [2.45, 2.75) is 46.5 Å². The van der Waals surface area contributed by atoms with Crippen LogP contribution in [0, 0.1) is 18.4 Å². The number of rotatable bonds is 2. The van der Waals surface area contributed by atoms with E-state index in [9.17, 15) is 0 Å². The monoisotopic (exact) mass is 246 g/mol. The highest BCUT2D eigenvalue weighted by Gasteiger charge is 2.08. The lowest BCUT2D eigenvalue weighted by Gasteiger charge is -2.11. The van der Waals surface area contributed by atoms with Crippen LogP contribution in [0.2, 0.25) is 19.6 Å². The molecule has 1 aromatic rings. The van der Waals surface area contributed by atoms with Gasteiger partial charge in [-0.05, 0) is 44.5 Å². The van der Waals surface area contributed by atoms with Crippen molar-refractivity contribution in [3.05, 3.63) is 29.3 Å². The quantitative estimate of drug-likeness (QED) is 0.566. The van der Waals surface area contributed by atoms with Crippen molar-refractivity contribution in [1.82, 2.24) is 0 Å². The second-order valence-electron chi connectivity index (χ2n) is 5.64. The minimum Gasteiger partial charge on any atom is -0.491 e. The van der Waals surface area contributed by atoms with Gasteiger partial charge in [-0.3, -0.25) is 0 Å². The lowest BCUT2D eigenvalue weighted by molar-refractivity contribution is 0.242. The molecule has 0 amide bonds. The van der Waals surface area contributed by atoms with Crippen LogP contribution in [0.5, 0.6) is 5.75 Å². The number of aryl methyl sites for hydroxylation is 1. The summed E-state index contributed by atoms with van der Waals surface area (Å²) in [5.41, 5.74) is 5.69. The Labute approximate surface area is 106 Å². The number of ether oxygens (including phenoxy) is 1. The molecule has 1 nitrogen and oxygen atoms in total. The predicted molar refractivity (Wildman–Crippen MR) is 77.2 cm³/mol. The first-order valence-electron chi connectivity index (χ1n) is 6.08. The molecule has 1 aromatic carbocycles. The van der Waals surface area contributed by atoms with Gasteiger partial charge in [-0.25, -0.2) is 0 Å². The van der Waals surface area contributed by atoms with Gasteiger partial charge in [0.1, 0.15) is 13.8 Å². The summed E-state index contributed by atoms with van der Waals surface area (Å²) in [4.78, 5) is 0. The van der Waals surface area contributed by atoms with Gasteiger partial charge < -0.3 is 4.74 Å². The van der Waals surface area contributed by atoms with Gasteiger partial charge in [0, 0.05) is 5.56 Å². The molecule has 0 N–H and O–H groups in total. The second-order valence-corrected chi connectivity index (χ2v) is 10.4. The second kappa shape index (κ2) is 5.42. The summed E-state index contributed by atoms with van der Waals surface area (Å²) in [7, 11) is -1.30. The minimum atomic E-state index is -1.30. The van der Waals surface area contributed by atoms with Gasteiger partial charge in [0.2, 0.25) is 0 Å². The van der Waals surface area contributed by atoms with E-state index in [4.69, 9.17) is 4.74 Å². The van der Waals surface area contributed by atoms with Crippen LogP contribution >= 0.6 is 0 Å². The van der Waals surface area contributed by atoms with Gasteiger partial charge in [-0.2, -0.15) is 0 Å². The van der Waals surface area contributed by atoms with Gasteiger partial charge in [0.05, 0.1) is 6.10 Å². The zero-order valence-electron chi connectivity index (χ0n) is 11.7. The minimum absolute atomic E-state index is 0.216. The van der Waals surface area contributed by atoms with Crippen LogP contribution in [0.1, 0.15) is 25.0 Å². The summed E-state index contributed by atoms with van der Waals surface area (Å²) in [6.45, 7) is 12.9. The third-order valence-electron chi connectivity index (χ3n) is 2.14. The molecule has 0 radical (unpaired) electrons. The Morgan fingerprint density at radius 1 is 1.18 bits per heavy atom. The van der Waals surface area contributed by atoms with Crippen LogP contribution < -0.4 is 4.74 Å². The molecular weight excluding hydrogens is 224 g/mol. The molecular formula is C15H22OSi. The average Bonchev–Trinajstić information content (AvgIpc) is 2.13. The zero-order chi connectivity index (χ0) is 13.1. The molecule has 0 bridgehead atoms. The van der Waals surface area contributed by atoms with Crippen molar-refractivity contribution in [1.29, 1.82) is 0 Å². The normalized spacial score (nSPS) is 11.0. The number of hydrogen-bond donors (Lipinski definition) is 0. The van der Waals surface area contributed by atoms with Crippen molar-refractivity contribution in [2.75, 3.05) is 0 Å². The Balaban J connectivity index is 2.93. The third-order valence-corrected chi connectivity index (χ3v) is 3.02. The molecule has 2 heteroatoms. The Morgan fingerprint density at radius 3 is 2.29 bits per heavy atom. The van der Waals surface area contributed by atoms with Crippen LogP contribution in [-0.2, 0) is 0 Å². The lowest BCUT2D eigenvalue weighted by Crippen LogP contribution is -2.16. The first-order chi connectivity index (χ1) is 7.78. The highest BCUT2D eigenvalue weighted by atomic mass is 28.3. The van der Waals surface area contributed by atoms with Crippen LogP contribution in [-0.4, -0.2) is 14.2 Å². The SMILES string of the molecule is Cc1cc(OC(C)C)ccc1C#C[Si](C)(C)C. The van der Waals surface area contributed by atoms with E-state index in [0.717, 1.165) is 11.3 Å². The van der Waals surface area contributed by atoms with Crippen LogP contribution in [0.25, 0.3) is 0 Å². The third kappa shape index (κ3) is 5.10. The smallest absolute Gasteiger partial charge is 0.129 e. The molecule has 0 aliphatic rings. The fourth-order valence-electron chi connectivity index (χ4n) is 1.38. The molecule has 0 unspecified atom stereocenters. The molecule has 0 aromatic heterocycles. The summed E-state index contributed by atoms with van der Waals surface area (Å²) >= 11 is 0. The van der Waals surface area contributed by atoms with Gasteiger partial charge in [-0.1, -0.05) is 25.6 Å². The van der Waals surface area contributed by atoms with Crippen molar-refractivity contribution < 1.29 is 4.74 Å². The van der Waals surface area contributed by atoms with Crippen LogP contribution in [0.15, 0.2) is 18.2 Å².